The molecule has 0 spiro atoms. The van der Waals surface area contributed by atoms with Crippen molar-refractivity contribution in [2.75, 3.05) is 0 Å². The maximum Gasteiger partial charge on any atom is 0.123 e. The first-order chi connectivity index (χ1) is 8.39. The summed E-state index contributed by atoms with van der Waals surface area (Å²) in [4.78, 5) is 0. The van der Waals surface area contributed by atoms with Gasteiger partial charge in [-0.1, -0.05) is 26.0 Å². The SMILES string of the molecule is CC1CC(C)CC(C(C)(N)c2cccc(F)c2)C1. The van der Waals surface area contributed by atoms with E-state index in [2.05, 4.69) is 20.8 Å². The fourth-order valence-corrected chi connectivity index (χ4v) is 3.50. The fourth-order valence-electron chi connectivity index (χ4n) is 3.50. The standard InChI is InChI=1S/C16H24FN/c1-11-7-12(2)9-14(8-11)16(3,18)13-5-4-6-15(17)10-13/h4-6,10-12,14H,7-9,18H2,1-3H3. The summed E-state index contributed by atoms with van der Waals surface area (Å²) in [5.41, 5.74) is 7.04. The van der Waals surface area contributed by atoms with Gasteiger partial charge in [0.25, 0.3) is 0 Å². The Morgan fingerprint density at radius 2 is 1.78 bits per heavy atom. The molecule has 1 fully saturated rings. The molecule has 1 nitrogen and oxygen atoms in total. The maximum absolute atomic E-state index is 13.4. The molecule has 1 aliphatic carbocycles. The first-order valence-corrected chi connectivity index (χ1v) is 6.94. The average molecular weight is 249 g/mol. The van der Waals surface area contributed by atoms with Gasteiger partial charge >= 0.3 is 0 Å². The van der Waals surface area contributed by atoms with E-state index in [1.165, 1.54) is 12.5 Å². The lowest BCUT2D eigenvalue weighted by atomic mass is 9.67. The van der Waals surface area contributed by atoms with E-state index in [4.69, 9.17) is 5.73 Å². The molecule has 0 radical (unpaired) electrons. The normalized spacial score (nSPS) is 31.9. The first-order valence-electron chi connectivity index (χ1n) is 6.94. The van der Waals surface area contributed by atoms with E-state index in [1.54, 1.807) is 12.1 Å². The lowest BCUT2D eigenvalue weighted by Gasteiger charge is -2.41. The molecule has 18 heavy (non-hydrogen) atoms. The van der Waals surface area contributed by atoms with Crippen molar-refractivity contribution >= 4 is 0 Å². The minimum absolute atomic E-state index is 0.193. The molecule has 3 atom stereocenters. The monoisotopic (exact) mass is 249 g/mol. The predicted molar refractivity (Wildman–Crippen MR) is 73.6 cm³/mol. The van der Waals surface area contributed by atoms with Crippen molar-refractivity contribution in [1.29, 1.82) is 0 Å². The van der Waals surface area contributed by atoms with Crippen LogP contribution in [0.1, 0.15) is 45.6 Å². The van der Waals surface area contributed by atoms with Crippen LogP contribution in [0.15, 0.2) is 24.3 Å². The molecule has 1 aromatic rings. The van der Waals surface area contributed by atoms with Crippen LogP contribution in [-0.4, -0.2) is 0 Å². The number of nitrogens with two attached hydrogens (primary N) is 1. The summed E-state index contributed by atoms with van der Waals surface area (Å²) in [5, 5.41) is 0. The van der Waals surface area contributed by atoms with Crippen molar-refractivity contribution < 1.29 is 4.39 Å². The number of benzene rings is 1. The van der Waals surface area contributed by atoms with Crippen LogP contribution in [0.2, 0.25) is 0 Å². The molecule has 2 rings (SSSR count). The summed E-state index contributed by atoms with van der Waals surface area (Å²) in [5.74, 6) is 1.68. The molecule has 0 saturated heterocycles. The van der Waals surface area contributed by atoms with E-state index in [0.29, 0.717) is 5.92 Å². The number of hydrogen-bond donors (Lipinski definition) is 1. The number of hydrogen-bond acceptors (Lipinski definition) is 1. The van der Waals surface area contributed by atoms with Crippen LogP contribution >= 0.6 is 0 Å². The Kier molecular flexibility index (Phi) is 3.76. The van der Waals surface area contributed by atoms with E-state index < -0.39 is 5.54 Å². The molecule has 1 saturated carbocycles. The molecule has 1 aromatic carbocycles. The minimum Gasteiger partial charge on any atom is -0.321 e. The third kappa shape index (κ3) is 2.74. The molecule has 100 valence electrons. The van der Waals surface area contributed by atoms with Crippen molar-refractivity contribution in [3.63, 3.8) is 0 Å². The Morgan fingerprint density at radius 1 is 1.17 bits per heavy atom. The van der Waals surface area contributed by atoms with Gasteiger partial charge in [0.05, 0.1) is 0 Å². The van der Waals surface area contributed by atoms with Crippen molar-refractivity contribution in [1.82, 2.24) is 0 Å². The second-order valence-corrected chi connectivity index (χ2v) is 6.41. The summed E-state index contributed by atoms with van der Waals surface area (Å²) in [6.07, 6.45) is 3.58. The quantitative estimate of drug-likeness (QED) is 0.840. The van der Waals surface area contributed by atoms with Crippen LogP contribution in [0, 0.1) is 23.6 Å². The Hall–Kier alpha value is -0.890. The van der Waals surface area contributed by atoms with Crippen molar-refractivity contribution in [2.24, 2.45) is 23.5 Å². The zero-order valence-electron chi connectivity index (χ0n) is 11.6. The molecule has 2 N–H and O–H groups in total. The summed E-state index contributed by atoms with van der Waals surface area (Å²) >= 11 is 0. The highest BCUT2D eigenvalue weighted by Crippen LogP contribution is 2.41. The summed E-state index contributed by atoms with van der Waals surface area (Å²) in [6.45, 7) is 6.64. The van der Waals surface area contributed by atoms with E-state index in [9.17, 15) is 4.39 Å². The highest BCUT2D eigenvalue weighted by molar-refractivity contribution is 5.25. The van der Waals surface area contributed by atoms with Gasteiger partial charge < -0.3 is 5.73 Å². The smallest absolute Gasteiger partial charge is 0.123 e. The Labute approximate surface area is 110 Å². The van der Waals surface area contributed by atoms with Gasteiger partial charge in [-0.05, 0) is 61.6 Å². The molecule has 2 heteroatoms. The van der Waals surface area contributed by atoms with E-state index >= 15 is 0 Å². The second kappa shape index (κ2) is 5.00. The summed E-state index contributed by atoms with van der Waals surface area (Å²) < 4.78 is 13.4. The molecular weight excluding hydrogens is 225 g/mol. The predicted octanol–water partition coefficient (Wildman–Crippen LogP) is 4.07. The van der Waals surface area contributed by atoms with Crippen LogP contribution in [0.5, 0.6) is 0 Å². The molecule has 0 heterocycles. The third-order valence-corrected chi connectivity index (χ3v) is 4.47. The molecule has 0 aromatic heterocycles. The number of rotatable bonds is 2. The molecule has 0 amide bonds. The average Bonchev–Trinajstić information content (AvgIpc) is 2.27. The first kappa shape index (κ1) is 13.5. The largest absolute Gasteiger partial charge is 0.321 e. The zero-order chi connectivity index (χ0) is 13.3. The molecular formula is C16H24FN. The van der Waals surface area contributed by atoms with Crippen LogP contribution in [0.3, 0.4) is 0 Å². The van der Waals surface area contributed by atoms with Crippen LogP contribution in [-0.2, 0) is 5.54 Å². The second-order valence-electron chi connectivity index (χ2n) is 6.41. The van der Waals surface area contributed by atoms with Gasteiger partial charge in [0.15, 0.2) is 0 Å². The lowest BCUT2D eigenvalue weighted by molar-refractivity contribution is 0.145. The topological polar surface area (TPSA) is 26.0 Å². The summed E-state index contributed by atoms with van der Waals surface area (Å²) in [7, 11) is 0. The Bertz CT molecular complexity index is 403. The minimum atomic E-state index is -0.426. The van der Waals surface area contributed by atoms with Gasteiger partial charge in [-0.3, -0.25) is 0 Å². The zero-order valence-corrected chi connectivity index (χ0v) is 11.6. The van der Waals surface area contributed by atoms with Gasteiger partial charge in [-0.25, -0.2) is 4.39 Å². The maximum atomic E-state index is 13.4. The lowest BCUT2D eigenvalue weighted by Crippen LogP contribution is -2.44. The van der Waals surface area contributed by atoms with E-state index in [0.717, 1.165) is 30.2 Å². The molecule has 0 aliphatic heterocycles. The fraction of sp³-hybridized carbons (Fsp3) is 0.625. The van der Waals surface area contributed by atoms with Crippen LogP contribution < -0.4 is 5.73 Å². The molecule has 1 aliphatic rings. The van der Waals surface area contributed by atoms with E-state index in [1.807, 2.05) is 6.07 Å². The Morgan fingerprint density at radius 3 is 2.33 bits per heavy atom. The van der Waals surface area contributed by atoms with Gasteiger partial charge in [0.2, 0.25) is 0 Å². The molecule has 0 bridgehead atoms. The van der Waals surface area contributed by atoms with Crippen LogP contribution in [0.25, 0.3) is 0 Å². The van der Waals surface area contributed by atoms with Gasteiger partial charge in [-0.2, -0.15) is 0 Å². The third-order valence-electron chi connectivity index (χ3n) is 4.47. The summed E-state index contributed by atoms with van der Waals surface area (Å²) in [6, 6.07) is 6.77. The van der Waals surface area contributed by atoms with Crippen molar-refractivity contribution in [2.45, 2.75) is 45.6 Å². The highest BCUT2D eigenvalue weighted by atomic mass is 19.1. The number of halogens is 1. The van der Waals surface area contributed by atoms with Gasteiger partial charge in [0, 0.05) is 5.54 Å². The van der Waals surface area contributed by atoms with Crippen LogP contribution in [0.4, 0.5) is 4.39 Å². The Balaban J connectivity index is 2.24. The molecule has 3 unspecified atom stereocenters. The van der Waals surface area contributed by atoms with E-state index in [-0.39, 0.29) is 5.82 Å². The van der Waals surface area contributed by atoms with Gasteiger partial charge in [0.1, 0.15) is 5.82 Å². The highest BCUT2D eigenvalue weighted by Gasteiger charge is 2.36. The van der Waals surface area contributed by atoms with Crippen molar-refractivity contribution in [3.05, 3.63) is 35.6 Å². The van der Waals surface area contributed by atoms with Crippen molar-refractivity contribution in [3.8, 4) is 0 Å². The van der Waals surface area contributed by atoms with Gasteiger partial charge in [-0.15, -0.1) is 0 Å².